The lowest BCUT2D eigenvalue weighted by atomic mass is 9.87. The molecule has 2 aromatic carbocycles. The second-order valence-electron chi connectivity index (χ2n) is 7.60. The predicted molar refractivity (Wildman–Crippen MR) is 107 cm³/mol. The standard InChI is InChI=1S/C22H25BrO3/c1-5-25-20(24)11-15-7-6-14(2)10-19(15)26-21-18-12-17(23)9-8-16(18)13-22(21,3)4/h6-10,12,21H,5,11,13H2,1-4H3. The van der Waals surface area contributed by atoms with Crippen molar-refractivity contribution in [2.75, 3.05) is 6.61 Å². The Morgan fingerprint density at radius 2 is 2.00 bits per heavy atom. The van der Waals surface area contributed by atoms with Crippen LogP contribution in [-0.2, 0) is 22.4 Å². The van der Waals surface area contributed by atoms with Crippen LogP contribution in [0, 0.1) is 12.3 Å². The van der Waals surface area contributed by atoms with Gasteiger partial charge in [-0.1, -0.05) is 48.0 Å². The Labute approximate surface area is 163 Å². The number of halogens is 1. The van der Waals surface area contributed by atoms with Crippen molar-refractivity contribution in [3.63, 3.8) is 0 Å². The van der Waals surface area contributed by atoms with Crippen LogP contribution in [0.5, 0.6) is 5.75 Å². The van der Waals surface area contributed by atoms with E-state index in [2.05, 4.69) is 48.0 Å². The van der Waals surface area contributed by atoms with Crippen LogP contribution in [0.2, 0.25) is 0 Å². The molecule has 0 N–H and O–H groups in total. The number of fused-ring (bicyclic) bond motifs is 1. The third-order valence-corrected chi connectivity index (χ3v) is 5.35. The quantitative estimate of drug-likeness (QED) is 0.597. The molecule has 1 unspecified atom stereocenters. The first-order valence-corrected chi connectivity index (χ1v) is 9.79. The monoisotopic (exact) mass is 416 g/mol. The van der Waals surface area contributed by atoms with Gasteiger partial charge in [0.1, 0.15) is 11.9 Å². The zero-order valence-electron chi connectivity index (χ0n) is 15.8. The first-order chi connectivity index (χ1) is 12.3. The fourth-order valence-corrected chi connectivity index (χ4v) is 3.99. The van der Waals surface area contributed by atoms with Crippen LogP contribution in [0.1, 0.15) is 49.1 Å². The average molecular weight is 417 g/mol. The lowest BCUT2D eigenvalue weighted by molar-refractivity contribution is -0.142. The topological polar surface area (TPSA) is 35.5 Å². The number of carbonyl (C=O) groups excluding carboxylic acids is 1. The fraction of sp³-hybridized carbons (Fsp3) is 0.409. The van der Waals surface area contributed by atoms with Crippen LogP contribution >= 0.6 is 15.9 Å². The number of ether oxygens (including phenoxy) is 2. The van der Waals surface area contributed by atoms with Crippen LogP contribution in [0.25, 0.3) is 0 Å². The maximum atomic E-state index is 12.0. The minimum Gasteiger partial charge on any atom is -0.485 e. The van der Waals surface area contributed by atoms with Crippen molar-refractivity contribution in [3.05, 3.63) is 63.1 Å². The van der Waals surface area contributed by atoms with E-state index in [9.17, 15) is 4.79 Å². The second kappa shape index (κ2) is 7.43. The third kappa shape index (κ3) is 3.96. The Balaban J connectivity index is 1.94. The summed E-state index contributed by atoms with van der Waals surface area (Å²) in [5.41, 5.74) is 4.50. The molecule has 138 valence electrons. The Morgan fingerprint density at radius 1 is 1.23 bits per heavy atom. The lowest BCUT2D eigenvalue weighted by Gasteiger charge is -2.29. The SMILES string of the molecule is CCOC(=O)Cc1ccc(C)cc1OC1c2cc(Br)ccc2CC1(C)C. The molecule has 0 fully saturated rings. The molecular weight excluding hydrogens is 392 g/mol. The van der Waals surface area contributed by atoms with Crippen molar-refractivity contribution >= 4 is 21.9 Å². The highest BCUT2D eigenvalue weighted by molar-refractivity contribution is 9.10. The normalized spacial score (nSPS) is 17.7. The van der Waals surface area contributed by atoms with Gasteiger partial charge in [0, 0.05) is 15.5 Å². The van der Waals surface area contributed by atoms with Crippen molar-refractivity contribution in [1.82, 2.24) is 0 Å². The van der Waals surface area contributed by atoms with Crippen molar-refractivity contribution < 1.29 is 14.3 Å². The molecule has 0 radical (unpaired) electrons. The Morgan fingerprint density at radius 3 is 2.73 bits per heavy atom. The van der Waals surface area contributed by atoms with Crippen LogP contribution in [0.3, 0.4) is 0 Å². The summed E-state index contributed by atoms with van der Waals surface area (Å²) >= 11 is 3.57. The molecule has 3 rings (SSSR count). The van der Waals surface area contributed by atoms with E-state index in [1.54, 1.807) is 0 Å². The van der Waals surface area contributed by atoms with E-state index in [0.29, 0.717) is 6.61 Å². The van der Waals surface area contributed by atoms with Crippen molar-refractivity contribution in [3.8, 4) is 5.75 Å². The molecule has 1 aliphatic carbocycles. The number of hydrogen-bond acceptors (Lipinski definition) is 3. The molecule has 4 heteroatoms. The van der Waals surface area contributed by atoms with Gasteiger partial charge in [0.05, 0.1) is 13.0 Å². The van der Waals surface area contributed by atoms with E-state index in [1.807, 2.05) is 32.0 Å². The smallest absolute Gasteiger partial charge is 0.310 e. The Bertz CT molecular complexity index is 826. The number of carbonyl (C=O) groups is 1. The van der Waals surface area contributed by atoms with Crippen LogP contribution in [0.15, 0.2) is 40.9 Å². The second-order valence-corrected chi connectivity index (χ2v) is 8.52. The summed E-state index contributed by atoms with van der Waals surface area (Å²) in [6.07, 6.45) is 1.14. The van der Waals surface area contributed by atoms with Crippen molar-refractivity contribution in [2.24, 2.45) is 5.41 Å². The molecule has 0 bridgehead atoms. The zero-order chi connectivity index (χ0) is 18.9. The number of esters is 1. The van der Waals surface area contributed by atoms with E-state index in [4.69, 9.17) is 9.47 Å². The van der Waals surface area contributed by atoms with Gasteiger partial charge in [-0.25, -0.2) is 0 Å². The minimum absolute atomic E-state index is 0.0198. The van der Waals surface area contributed by atoms with E-state index in [-0.39, 0.29) is 23.9 Å². The van der Waals surface area contributed by atoms with E-state index in [1.165, 1.54) is 11.1 Å². The minimum atomic E-state index is -0.227. The average Bonchev–Trinajstić information content (AvgIpc) is 2.80. The number of rotatable bonds is 5. The van der Waals surface area contributed by atoms with Gasteiger partial charge in [0.2, 0.25) is 0 Å². The summed E-state index contributed by atoms with van der Waals surface area (Å²) in [7, 11) is 0. The summed E-state index contributed by atoms with van der Waals surface area (Å²) in [6, 6.07) is 12.4. The van der Waals surface area contributed by atoms with Gasteiger partial charge in [-0.3, -0.25) is 4.79 Å². The number of hydrogen-bond donors (Lipinski definition) is 0. The maximum absolute atomic E-state index is 12.0. The van der Waals surface area contributed by atoms with E-state index in [0.717, 1.165) is 27.8 Å². The summed E-state index contributed by atoms with van der Waals surface area (Å²) in [4.78, 5) is 12.0. The van der Waals surface area contributed by atoms with Crippen molar-refractivity contribution in [1.29, 1.82) is 0 Å². The van der Waals surface area contributed by atoms with Gasteiger partial charge in [-0.2, -0.15) is 0 Å². The van der Waals surface area contributed by atoms with Gasteiger partial charge in [0.15, 0.2) is 0 Å². The van der Waals surface area contributed by atoms with Gasteiger partial charge < -0.3 is 9.47 Å². The highest BCUT2D eigenvalue weighted by Gasteiger charge is 2.41. The number of aryl methyl sites for hydroxylation is 1. The van der Waals surface area contributed by atoms with Crippen molar-refractivity contribution in [2.45, 2.75) is 46.6 Å². The number of benzene rings is 2. The molecule has 0 aliphatic heterocycles. The summed E-state index contributed by atoms with van der Waals surface area (Å²) < 4.78 is 12.7. The van der Waals surface area contributed by atoms with Gasteiger partial charge in [-0.05, 0) is 55.2 Å². The summed E-state index contributed by atoms with van der Waals surface area (Å²) in [5, 5.41) is 0. The molecule has 0 saturated carbocycles. The Hall–Kier alpha value is -1.81. The van der Waals surface area contributed by atoms with E-state index >= 15 is 0 Å². The van der Waals surface area contributed by atoms with E-state index < -0.39 is 0 Å². The Kier molecular flexibility index (Phi) is 5.42. The first-order valence-electron chi connectivity index (χ1n) is 9.00. The summed E-state index contributed by atoms with van der Waals surface area (Å²) in [5.74, 6) is 0.541. The maximum Gasteiger partial charge on any atom is 0.310 e. The fourth-order valence-electron chi connectivity index (χ4n) is 3.61. The van der Waals surface area contributed by atoms with Gasteiger partial charge >= 0.3 is 5.97 Å². The van der Waals surface area contributed by atoms with Crippen LogP contribution in [-0.4, -0.2) is 12.6 Å². The highest BCUT2D eigenvalue weighted by atomic mass is 79.9. The molecule has 0 amide bonds. The van der Waals surface area contributed by atoms with Gasteiger partial charge in [0.25, 0.3) is 0 Å². The molecule has 26 heavy (non-hydrogen) atoms. The first kappa shape index (κ1) is 19.0. The lowest BCUT2D eigenvalue weighted by Crippen LogP contribution is -2.23. The molecule has 1 aliphatic rings. The molecule has 1 atom stereocenters. The molecule has 0 aromatic heterocycles. The molecule has 0 heterocycles. The van der Waals surface area contributed by atoms with Crippen LogP contribution < -0.4 is 4.74 Å². The van der Waals surface area contributed by atoms with Crippen LogP contribution in [0.4, 0.5) is 0 Å². The molecule has 2 aromatic rings. The zero-order valence-corrected chi connectivity index (χ0v) is 17.4. The molecule has 3 nitrogen and oxygen atoms in total. The molecule has 0 saturated heterocycles. The highest BCUT2D eigenvalue weighted by Crippen LogP contribution is 2.48. The predicted octanol–water partition coefficient (Wildman–Crippen LogP) is 5.57. The molecular formula is C22H25BrO3. The van der Waals surface area contributed by atoms with Gasteiger partial charge in [-0.15, -0.1) is 0 Å². The summed E-state index contributed by atoms with van der Waals surface area (Å²) in [6.45, 7) is 8.70. The third-order valence-electron chi connectivity index (χ3n) is 4.85. The molecule has 0 spiro atoms. The largest absolute Gasteiger partial charge is 0.485 e.